The molecule has 0 amide bonds. The summed E-state index contributed by atoms with van der Waals surface area (Å²) in [6, 6.07) is 30.4. The second-order valence-corrected chi connectivity index (χ2v) is 8.17. The molecule has 0 unspecified atom stereocenters. The molecular weight excluding hydrogens is 404 g/mol. The quantitative estimate of drug-likeness (QED) is 0.472. The van der Waals surface area contributed by atoms with Crippen LogP contribution in [0.25, 0.3) is 0 Å². The van der Waals surface area contributed by atoms with E-state index < -0.39 is 0 Å². The zero-order valence-electron chi connectivity index (χ0n) is 17.9. The molecular formula is C27H28O5. The predicted octanol–water partition coefficient (Wildman–Crippen LogP) is 4.50. The fourth-order valence-electron chi connectivity index (χ4n) is 4.12. The molecule has 32 heavy (non-hydrogen) atoms. The van der Waals surface area contributed by atoms with Gasteiger partial charge in [-0.1, -0.05) is 91.0 Å². The van der Waals surface area contributed by atoms with Crippen LogP contribution in [0.15, 0.2) is 91.0 Å². The van der Waals surface area contributed by atoms with Crippen LogP contribution in [-0.4, -0.2) is 37.3 Å². The first-order valence-electron chi connectivity index (χ1n) is 11.1. The van der Waals surface area contributed by atoms with Crippen LogP contribution >= 0.6 is 0 Å². The first-order valence-corrected chi connectivity index (χ1v) is 11.1. The molecule has 2 bridgehead atoms. The Labute approximate surface area is 188 Å². The molecule has 3 fully saturated rings. The van der Waals surface area contributed by atoms with E-state index in [9.17, 15) is 0 Å². The molecule has 5 atom stereocenters. The van der Waals surface area contributed by atoms with Crippen LogP contribution in [0, 0.1) is 0 Å². The Morgan fingerprint density at radius 1 is 0.562 bits per heavy atom. The topological polar surface area (TPSA) is 46.2 Å². The van der Waals surface area contributed by atoms with Gasteiger partial charge >= 0.3 is 0 Å². The largest absolute Gasteiger partial charge is 0.374 e. The lowest BCUT2D eigenvalue weighted by Crippen LogP contribution is -2.71. The Bertz CT molecular complexity index is 948. The zero-order valence-corrected chi connectivity index (χ0v) is 17.9. The number of benzene rings is 3. The Balaban J connectivity index is 1.21. The van der Waals surface area contributed by atoms with Crippen LogP contribution in [0.5, 0.6) is 0 Å². The highest BCUT2D eigenvalue weighted by atomic mass is 16.8. The molecule has 3 aliphatic rings. The minimum atomic E-state index is -0.384. The second kappa shape index (κ2) is 10.4. The lowest BCUT2D eigenvalue weighted by atomic mass is 9.93. The molecule has 5 nitrogen and oxygen atoms in total. The molecule has 0 aromatic heterocycles. The van der Waals surface area contributed by atoms with Gasteiger partial charge in [0.05, 0.1) is 26.4 Å². The third-order valence-corrected chi connectivity index (χ3v) is 5.85. The standard InChI is InChI=1S/C27H28O5/c1-4-10-20(11-5-1)16-28-19-23-24(29-17-21-12-6-2-7-13-21)25-26(27(31-23)32-25)30-18-22-14-8-3-9-15-22/h1-15,23-27H,16-19H2/t23-,24-,25+,26-,27-/m1/s1. The number of rotatable bonds is 10. The van der Waals surface area contributed by atoms with Crippen molar-refractivity contribution >= 4 is 0 Å². The molecule has 6 rings (SSSR count). The SMILES string of the molecule is c1ccc(COC[C@H]2O[C@@H]3O[C@H]([C@H]3OCc3ccccc3)[C@@H]2OCc2ccccc2)cc1. The minimum absolute atomic E-state index is 0.152. The van der Waals surface area contributed by atoms with Gasteiger partial charge in [-0.25, -0.2) is 0 Å². The van der Waals surface area contributed by atoms with Gasteiger partial charge in [0.1, 0.15) is 24.4 Å². The van der Waals surface area contributed by atoms with E-state index in [-0.39, 0.29) is 30.7 Å². The van der Waals surface area contributed by atoms with E-state index in [2.05, 4.69) is 36.4 Å². The normalized spacial score (nSPS) is 26.4. The van der Waals surface area contributed by atoms with E-state index in [1.165, 1.54) is 0 Å². The van der Waals surface area contributed by atoms with Gasteiger partial charge in [0.2, 0.25) is 0 Å². The molecule has 3 aromatic rings. The summed E-state index contributed by atoms with van der Waals surface area (Å²) in [5.74, 6) is 0. The van der Waals surface area contributed by atoms with E-state index in [1.54, 1.807) is 0 Å². The van der Waals surface area contributed by atoms with Crippen molar-refractivity contribution < 1.29 is 23.7 Å². The van der Waals surface area contributed by atoms with Crippen LogP contribution in [0.2, 0.25) is 0 Å². The first kappa shape index (κ1) is 21.3. The van der Waals surface area contributed by atoms with E-state index in [0.717, 1.165) is 16.7 Å². The van der Waals surface area contributed by atoms with Gasteiger partial charge in [-0.05, 0) is 16.7 Å². The maximum atomic E-state index is 6.31. The van der Waals surface area contributed by atoms with Gasteiger partial charge in [-0.15, -0.1) is 0 Å². The molecule has 166 valence electrons. The van der Waals surface area contributed by atoms with Crippen molar-refractivity contribution in [1.29, 1.82) is 0 Å². The molecule has 3 saturated heterocycles. The zero-order chi connectivity index (χ0) is 21.6. The maximum Gasteiger partial charge on any atom is 0.187 e. The number of hydrogen-bond donors (Lipinski definition) is 0. The predicted molar refractivity (Wildman–Crippen MR) is 120 cm³/mol. The van der Waals surface area contributed by atoms with Gasteiger partial charge in [0, 0.05) is 0 Å². The van der Waals surface area contributed by atoms with E-state index in [1.807, 2.05) is 54.6 Å². The lowest BCUT2D eigenvalue weighted by molar-refractivity contribution is -0.421. The summed E-state index contributed by atoms with van der Waals surface area (Å²) in [6.07, 6.45) is -1.18. The summed E-state index contributed by atoms with van der Waals surface area (Å²) in [4.78, 5) is 0. The number of hydrogen-bond acceptors (Lipinski definition) is 5. The molecule has 0 N–H and O–H groups in total. The average Bonchev–Trinajstić information content (AvgIpc) is 2.85. The molecule has 3 aromatic carbocycles. The molecule has 0 spiro atoms. The molecule has 0 radical (unpaired) electrons. The highest BCUT2D eigenvalue weighted by molar-refractivity contribution is 5.15. The van der Waals surface area contributed by atoms with E-state index in [0.29, 0.717) is 26.4 Å². The average molecular weight is 433 g/mol. The van der Waals surface area contributed by atoms with Crippen molar-refractivity contribution in [2.75, 3.05) is 6.61 Å². The van der Waals surface area contributed by atoms with E-state index in [4.69, 9.17) is 23.7 Å². The smallest absolute Gasteiger partial charge is 0.187 e. The van der Waals surface area contributed by atoms with E-state index >= 15 is 0 Å². The fourth-order valence-corrected chi connectivity index (χ4v) is 4.12. The van der Waals surface area contributed by atoms with Crippen molar-refractivity contribution in [2.24, 2.45) is 0 Å². The van der Waals surface area contributed by atoms with Gasteiger partial charge in [0.25, 0.3) is 0 Å². The van der Waals surface area contributed by atoms with Crippen LogP contribution in [-0.2, 0) is 43.5 Å². The van der Waals surface area contributed by atoms with Crippen molar-refractivity contribution in [3.63, 3.8) is 0 Å². The van der Waals surface area contributed by atoms with Crippen molar-refractivity contribution in [2.45, 2.75) is 50.5 Å². The molecule has 0 saturated carbocycles. The number of fused-ring (bicyclic) bond motifs is 2. The van der Waals surface area contributed by atoms with Gasteiger partial charge in [0.15, 0.2) is 6.29 Å². The Hall–Kier alpha value is -2.54. The maximum absolute atomic E-state index is 6.31. The third kappa shape index (κ3) is 5.09. The van der Waals surface area contributed by atoms with Gasteiger partial charge in [-0.2, -0.15) is 0 Å². The summed E-state index contributed by atoms with van der Waals surface area (Å²) in [6.45, 7) is 1.98. The van der Waals surface area contributed by atoms with Gasteiger partial charge < -0.3 is 23.7 Å². The van der Waals surface area contributed by atoms with Crippen LogP contribution in [0.1, 0.15) is 16.7 Å². The summed E-state index contributed by atoms with van der Waals surface area (Å²) in [7, 11) is 0. The monoisotopic (exact) mass is 432 g/mol. The molecule has 3 heterocycles. The van der Waals surface area contributed by atoms with Crippen LogP contribution in [0.3, 0.4) is 0 Å². The summed E-state index contributed by atoms with van der Waals surface area (Å²) >= 11 is 0. The Kier molecular flexibility index (Phi) is 6.92. The van der Waals surface area contributed by atoms with Crippen LogP contribution in [0.4, 0.5) is 0 Å². The highest BCUT2D eigenvalue weighted by Crippen LogP contribution is 2.39. The summed E-state index contributed by atoms with van der Waals surface area (Å²) in [5, 5.41) is 0. The highest BCUT2D eigenvalue weighted by Gasteiger charge is 2.57. The molecule has 0 aliphatic carbocycles. The van der Waals surface area contributed by atoms with Crippen molar-refractivity contribution in [3.8, 4) is 0 Å². The van der Waals surface area contributed by atoms with Crippen LogP contribution < -0.4 is 0 Å². The molecule has 5 heteroatoms. The Morgan fingerprint density at radius 3 is 1.62 bits per heavy atom. The fraction of sp³-hybridized carbons (Fsp3) is 0.333. The third-order valence-electron chi connectivity index (χ3n) is 5.85. The Morgan fingerprint density at radius 2 is 1.06 bits per heavy atom. The van der Waals surface area contributed by atoms with Crippen molar-refractivity contribution in [1.82, 2.24) is 0 Å². The van der Waals surface area contributed by atoms with Crippen molar-refractivity contribution in [3.05, 3.63) is 108 Å². The summed E-state index contributed by atoms with van der Waals surface area (Å²) in [5.41, 5.74) is 3.37. The van der Waals surface area contributed by atoms with Gasteiger partial charge in [-0.3, -0.25) is 0 Å². The molecule has 3 aliphatic heterocycles. The second-order valence-electron chi connectivity index (χ2n) is 8.17. The number of ether oxygens (including phenoxy) is 5. The minimum Gasteiger partial charge on any atom is -0.374 e. The first-order chi connectivity index (χ1) is 15.9. The summed E-state index contributed by atoms with van der Waals surface area (Å²) < 4.78 is 30.6. The lowest BCUT2D eigenvalue weighted by Gasteiger charge is -2.54.